The van der Waals surface area contributed by atoms with E-state index in [1.54, 1.807) is 11.0 Å². The van der Waals surface area contributed by atoms with E-state index < -0.39 is 5.67 Å². The Hall–Kier alpha value is -4.43. The molecule has 10 nitrogen and oxygen atoms in total. The molecule has 3 heterocycles. The molecule has 2 aromatic heterocycles. The number of benzene rings is 1. The van der Waals surface area contributed by atoms with E-state index in [9.17, 15) is 9.59 Å². The van der Waals surface area contributed by atoms with E-state index in [1.165, 1.54) is 37.6 Å². The molecule has 1 aromatic carbocycles. The van der Waals surface area contributed by atoms with Crippen LogP contribution in [0.2, 0.25) is 0 Å². The Bertz CT molecular complexity index is 1450. The first-order chi connectivity index (χ1) is 20.2. The first-order valence-corrected chi connectivity index (χ1v) is 14.1. The zero-order chi connectivity index (χ0) is 30.3. The molecule has 1 aliphatic rings. The number of nitriles is 1. The van der Waals surface area contributed by atoms with Crippen LogP contribution in [0.15, 0.2) is 42.9 Å². The van der Waals surface area contributed by atoms with Crippen molar-refractivity contribution in [3.63, 3.8) is 0 Å². The van der Waals surface area contributed by atoms with Crippen molar-refractivity contribution in [1.29, 1.82) is 5.26 Å². The van der Waals surface area contributed by atoms with Crippen molar-refractivity contribution in [2.45, 2.75) is 46.2 Å². The number of ether oxygens (including phenoxy) is 1. The number of halogens is 1. The quantitative estimate of drug-likeness (QED) is 0.378. The van der Waals surface area contributed by atoms with Gasteiger partial charge in [0.05, 0.1) is 30.0 Å². The molecule has 42 heavy (non-hydrogen) atoms. The summed E-state index contributed by atoms with van der Waals surface area (Å²) in [5.41, 5.74) is 1.68. The highest BCUT2D eigenvalue weighted by Gasteiger charge is 2.29. The zero-order valence-corrected chi connectivity index (χ0v) is 24.5. The lowest BCUT2D eigenvalue weighted by Crippen LogP contribution is -2.37. The maximum Gasteiger partial charge on any atom is 0.258 e. The van der Waals surface area contributed by atoms with Crippen molar-refractivity contribution < 1.29 is 18.7 Å². The number of morpholine rings is 1. The molecule has 1 saturated heterocycles. The molecule has 1 atom stereocenters. The van der Waals surface area contributed by atoms with Crippen LogP contribution in [-0.2, 0) is 16.8 Å². The summed E-state index contributed by atoms with van der Waals surface area (Å²) < 4.78 is 20.9. The molecule has 0 radical (unpaired) electrons. The van der Waals surface area contributed by atoms with Crippen LogP contribution in [0.3, 0.4) is 0 Å². The predicted molar refractivity (Wildman–Crippen MR) is 157 cm³/mol. The minimum absolute atomic E-state index is 0.0294. The Morgan fingerprint density at radius 3 is 2.45 bits per heavy atom. The van der Waals surface area contributed by atoms with Crippen LogP contribution in [0.25, 0.3) is 0 Å². The molecule has 0 saturated carbocycles. The average molecular weight is 574 g/mol. The van der Waals surface area contributed by atoms with E-state index in [1.807, 2.05) is 37.8 Å². The number of aryl methyl sites for hydroxylation is 2. The lowest BCUT2D eigenvalue weighted by Gasteiger charge is -2.27. The second-order valence-electron chi connectivity index (χ2n) is 10.4. The maximum absolute atomic E-state index is 15.5. The van der Waals surface area contributed by atoms with Crippen LogP contribution in [0, 0.1) is 18.3 Å². The van der Waals surface area contributed by atoms with Gasteiger partial charge in [-0.1, -0.05) is 13.0 Å². The van der Waals surface area contributed by atoms with E-state index in [-0.39, 0.29) is 30.5 Å². The van der Waals surface area contributed by atoms with Gasteiger partial charge in [0, 0.05) is 62.4 Å². The molecule has 11 heteroatoms. The number of aromatic nitrogens is 3. The zero-order valence-electron chi connectivity index (χ0n) is 24.5. The average Bonchev–Trinajstić information content (AvgIpc) is 3.02. The number of pyridine rings is 1. The summed E-state index contributed by atoms with van der Waals surface area (Å²) >= 11 is 0. The minimum atomic E-state index is -1.79. The number of nitrogens with one attached hydrogen (secondary N) is 1. The van der Waals surface area contributed by atoms with Crippen LogP contribution >= 0.6 is 0 Å². The van der Waals surface area contributed by atoms with Crippen LogP contribution < -0.4 is 10.2 Å². The van der Waals surface area contributed by atoms with Crippen molar-refractivity contribution in [3.05, 3.63) is 76.4 Å². The molecule has 3 aromatic rings. The topological polar surface area (TPSA) is 124 Å². The van der Waals surface area contributed by atoms with Crippen LogP contribution in [0.4, 0.5) is 16.0 Å². The molecule has 220 valence electrons. The number of carbonyl (C=O) groups excluding carboxylic acids is 2. The normalized spacial score (nSPS) is 14.5. The molecule has 0 bridgehead atoms. The predicted octanol–water partition coefficient (Wildman–Crippen LogP) is 4.44. The number of amides is 2. The Morgan fingerprint density at radius 1 is 1.14 bits per heavy atom. The highest BCUT2D eigenvalue weighted by molar-refractivity contribution is 6.05. The van der Waals surface area contributed by atoms with Gasteiger partial charge in [-0.3, -0.25) is 14.6 Å². The number of nitrogens with zero attached hydrogens (tertiary/aromatic N) is 6. The Morgan fingerprint density at radius 2 is 1.86 bits per heavy atom. The maximum atomic E-state index is 15.5. The van der Waals surface area contributed by atoms with Crippen LogP contribution in [-0.4, -0.2) is 71.1 Å². The van der Waals surface area contributed by atoms with Gasteiger partial charge in [0.15, 0.2) is 5.67 Å². The summed E-state index contributed by atoms with van der Waals surface area (Å²) in [6.07, 6.45) is 5.01. The third-order valence-corrected chi connectivity index (χ3v) is 7.45. The molecule has 1 unspecified atom stereocenters. The van der Waals surface area contributed by atoms with Gasteiger partial charge in [-0.2, -0.15) is 5.26 Å². The number of rotatable bonds is 10. The third-order valence-electron chi connectivity index (χ3n) is 7.45. The Labute approximate surface area is 245 Å². The van der Waals surface area contributed by atoms with Crippen molar-refractivity contribution in [2.75, 3.05) is 49.6 Å². The fourth-order valence-electron chi connectivity index (χ4n) is 4.78. The SMILES string of the molecule is CCc1cc(C)c(C(=O)N(CC)CCC(C)(F)c2ccc(C#N)cn2)cc1NC(=O)c1cnc(N2CCOCC2)nc1. The highest BCUT2D eigenvalue weighted by atomic mass is 19.1. The first kappa shape index (κ1) is 30.5. The summed E-state index contributed by atoms with van der Waals surface area (Å²) in [7, 11) is 0. The summed E-state index contributed by atoms with van der Waals surface area (Å²) in [6.45, 7) is 10.2. The lowest BCUT2D eigenvalue weighted by molar-refractivity contribution is 0.0713. The number of hydrogen-bond donors (Lipinski definition) is 1. The van der Waals surface area contributed by atoms with Crippen LogP contribution in [0.5, 0.6) is 0 Å². The molecule has 4 rings (SSSR count). The highest BCUT2D eigenvalue weighted by Crippen LogP contribution is 2.29. The smallest absolute Gasteiger partial charge is 0.258 e. The second-order valence-corrected chi connectivity index (χ2v) is 10.4. The number of carbonyl (C=O) groups is 2. The number of hydrogen-bond acceptors (Lipinski definition) is 8. The molecular formula is C31H36FN7O3. The van der Waals surface area contributed by atoms with Gasteiger partial charge >= 0.3 is 0 Å². The Balaban J connectivity index is 1.48. The van der Waals surface area contributed by atoms with E-state index in [2.05, 4.69) is 20.3 Å². The largest absolute Gasteiger partial charge is 0.378 e. The minimum Gasteiger partial charge on any atom is -0.378 e. The van der Waals surface area contributed by atoms with E-state index in [0.717, 1.165) is 11.1 Å². The monoisotopic (exact) mass is 573 g/mol. The van der Waals surface area contributed by atoms with Gasteiger partial charge in [0.25, 0.3) is 11.8 Å². The summed E-state index contributed by atoms with van der Waals surface area (Å²) in [5.74, 6) is -0.0859. The van der Waals surface area contributed by atoms with Crippen molar-refractivity contribution >= 4 is 23.5 Å². The van der Waals surface area contributed by atoms with E-state index in [0.29, 0.717) is 67.6 Å². The number of anilines is 2. The van der Waals surface area contributed by atoms with Gasteiger partial charge in [0.2, 0.25) is 5.95 Å². The Kier molecular flexibility index (Phi) is 9.80. The molecule has 0 aliphatic carbocycles. The van der Waals surface area contributed by atoms with Gasteiger partial charge < -0.3 is 19.9 Å². The molecule has 0 spiro atoms. The number of alkyl halides is 1. The van der Waals surface area contributed by atoms with Gasteiger partial charge in [-0.15, -0.1) is 0 Å². The fraction of sp³-hybridized carbons (Fsp3) is 0.419. The molecule has 1 fully saturated rings. The van der Waals surface area contributed by atoms with Gasteiger partial charge in [-0.25, -0.2) is 14.4 Å². The van der Waals surface area contributed by atoms with E-state index >= 15 is 4.39 Å². The first-order valence-electron chi connectivity index (χ1n) is 14.1. The fourth-order valence-corrected chi connectivity index (χ4v) is 4.78. The van der Waals surface area contributed by atoms with Gasteiger partial charge in [0.1, 0.15) is 6.07 Å². The second kappa shape index (κ2) is 13.5. The lowest BCUT2D eigenvalue weighted by atomic mass is 9.97. The van der Waals surface area contributed by atoms with Crippen molar-refractivity contribution in [2.24, 2.45) is 0 Å². The van der Waals surface area contributed by atoms with E-state index in [4.69, 9.17) is 10.00 Å². The summed E-state index contributed by atoms with van der Waals surface area (Å²) in [6, 6.07) is 8.59. The molecule has 2 amide bonds. The standard InChI is InChI=1S/C31H36FN7O3/c1-5-23-15-21(3)25(29(41)38(6-2)10-9-31(4,32)27-8-7-22(17-33)18-34-27)16-26(23)37-28(40)24-19-35-30(36-20-24)39-11-13-42-14-12-39/h7-8,15-16,18-20H,5-6,9-14H2,1-4H3,(H,37,40). The molecule has 1 N–H and O–H groups in total. The van der Waals surface area contributed by atoms with Crippen LogP contribution in [0.1, 0.15) is 70.3 Å². The summed E-state index contributed by atoms with van der Waals surface area (Å²) in [4.78, 5) is 43.2. The van der Waals surface area contributed by atoms with Gasteiger partial charge in [-0.05, 0) is 56.5 Å². The summed E-state index contributed by atoms with van der Waals surface area (Å²) in [5, 5.41) is 11.9. The molecule has 1 aliphatic heterocycles. The van der Waals surface area contributed by atoms with Crippen molar-refractivity contribution in [3.8, 4) is 6.07 Å². The third kappa shape index (κ3) is 7.06. The molecular weight excluding hydrogens is 537 g/mol. The van der Waals surface area contributed by atoms with Crippen molar-refractivity contribution in [1.82, 2.24) is 19.9 Å².